The summed E-state index contributed by atoms with van der Waals surface area (Å²) < 4.78 is 6.25. The lowest BCUT2D eigenvalue weighted by Crippen LogP contribution is -2.40. The number of carbonyl (C=O) groups excluding carboxylic acids is 1. The molecule has 1 heterocycles. The van der Waals surface area contributed by atoms with Crippen molar-refractivity contribution >= 4 is 44.7 Å². The van der Waals surface area contributed by atoms with E-state index in [4.69, 9.17) is 22.7 Å². The number of benzene rings is 1. The summed E-state index contributed by atoms with van der Waals surface area (Å²) >= 11 is 8.20. The van der Waals surface area contributed by atoms with Crippen LogP contribution < -0.4 is 15.4 Å². The van der Waals surface area contributed by atoms with Gasteiger partial charge in [0.2, 0.25) is 0 Å². The maximum atomic E-state index is 11.8. The molecule has 0 saturated carbocycles. The molecule has 2 rings (SSSR count). The molecule has 90 valence electrons. The molecule has 17 heavy (non-hydrogen) atoms. The molecule has 1 aromatic rings. The maximum Gasteiger partial charge on any atom is 0.265 e. The number of ether oxygens (including phenoxy) is 1. The second kappa shape index (κ2) is 5.01. The molecule has 0 fully saturated rings. The zero-order chi connectivity index (χ0) is 12.4. The Bertz CT molecular complexity index is 479. The van der Waals surface area contributed by atoms with Crippen molar-refractivity contribution in [1.29, 1.82) is 0 Å². The minimum Gasteiger partial charge on any atom is -0.482 e. The first-order valence-electron chi connectivity index (χ1n) is 5.09. The minimum absolute atomic E-state index is 0.0615. The van der Waals surface area contributed by atoms with Crippen LogP contribution in [-0.4, -0.2) is 24.0 Å². The third-order valence-corrected chi connectivity index (χ3v) is 3.14. The summed E-state index contributed by atoms with van der Waals surface area (Å²) in [5, 5.41) is 0. The van der Waals surface area contributed by atoms with Crippen LogP contribution in [0.1, 0.15) is 6.42 Å². The van der Waals surface area contributed by atoms with Gasteiger partial charge in [-0.3, -0.25) is 4.79 Å². The third-order valence-electron chi connectivity index (χ3n) is 2.45. The van der Waals surface area contributed by atoms with E-state index in [-0.39, 0.29) is 12.5 Å². The van der Waals surface area contributed by atoms with Crippen molar-refractivity contribution in [3.8, 4) is 5.75 Å². The van der Waals surface area contributed by atoms with Crippen LogP contribution in [0.25, 0.3) is 0 Å². The maximum absolute atomic E-state index is 11.8. The molecule has 2 N–H and O–H groups in total. The first-order valence-corrected chi connectivity index (χ1v) is 6.29. The molecule has 0 spiro atoms. The van der Waals surface area contributed by atoms with Crippen molar-refractivity contribution in [3.63, 3.8) is 0 Å². The number of anilines is 1. The number of fused-ring (bicyclic) bond motifs is 1. The van der Waals surface area contributed by atoms with Crippen molar-refractivity contribution in [2.24, 2.45) is 5.73 Å². The van der Waals surface area contributed by atoms with Crippen molar-refractivity contribution in [3.05, 3.63) is 22.7 Å². The molecule has 0 bridgehead atoms. The van der Waals surface area contributed by atoms with Crippen molar-refractivity contribution in [1.82, 2.24) is 0 Å². The van der Waals surface area contributed by atoms with Crippen LogP contribution in [0, 0.1) is 0 Å². The number of nitrogens with zero attached hydrogens (tertiary/aromatic N) is 1. The van der Waals surface area contributed by atoms with Gasteiger partial charge in [-0.2, -0.15) is 0 Å². The Morgan fingerprint density at radius 2 is 2.35 bits per heavy atom. The smallest absolute Gasteiger partial charge is 0.265 e. The van der Waals surface area contributed by atoms with Gasteiger partial charge >= 0.3 is 0 Å². The molecule has 1 aliphatic heterocycles. The molecule has 0 atom stereocenters. The molecular formula is C11H11BrN2O2S. The van der Waals surface area contributed by atoms with Crippen LogP contribution in [0.4, 0.5) is 5.69 Å². The fourth-order valence-electron chi connectivity index (χ4n) is 1.64. The van der Waals surface area contributed by atoms with Crippen LogP contribution in [0.2, 0.25) is 0 Å². The summed E-state index contributed by atoms with van der Waals surface area (Å²) in [6.45, 7) is 0.549. The van der Waals surface area contributed by atoms with E-state index >= 15 is 0 Å². The molecule has 0 saturated heterocycles. The normalized spacial score (nSPS) is 14.2. The first kappa shape index (κ1) is 12.3. The van der Waals surface area contributed by atoms with E-state index in [0.717, 1.165) is 10.2 Å². The van der Waals surface area contributed by atoms with Crippen LogP contribution in [0.3, 0.4) is 0 Å². The second-order valence-electron chi connectivity index (χ2n) is 3.66. The van der Waals surface area contributed by atoms with Gasteiger partial charge in [0.1, 0.15) is 5.75 Å². The minimum atomic E-state index is -0.0770. The number of amides is 1. The Kier molecular flexibility index (Phi) is 3.63. The predicted octanol–water partition coefficient (Wildman–Crippen LogP) is 1.85. The van der Waals surface area contributed by atoms with Gasteiger partial charge in [0.15, 0.2) is 6.61 Å². The van der Waals surface area contributed by atoms with E-state index in [9.17, 15) is 4.79 Å². The molecule has 0 unspecified atom stereocenters. The summed E-state index contributed by atoms with van der Waals surface area (Å²) in [5.74, 6) is 0.627. The number of nitrogens with two attached hydrogens (primary N) is 1. The zero-order valence-corrected chi connectivity index (χ0v) is 11.4. The number of thiocarbonyl (C=S) groups is 1. The van der Waals surface area contributed by atoms with Gasteiger partial charge in [0.05, 0.1) is 10.7 Å². The van der Waals surface area contributed by atoms with E-state index in [2.05, 4.69) is 15.9 Å². The quantitative estimate of drug-likeness (QED) is 0.865. The molecule has 4 nitrogen and oxygen atoms in total. The summed E-state index contributed by atoms with van der Waals surface area (Å²) in [6, 6.07) is 5.56. The Morgan fingerprint density at radius 1 is 1.59 bits per heavy atom. The summed E-state index contributed by atoms with van der Waals surface area (Å²) in [6.07, 6.45) is 0.507. The van der Waals surface area contributed by atoms with Gasteiger partial charge < -0.3 is 15.4 Å². The first-order chi connectivity index (χ1) is 8.08. The molecule has 0 aromatic heterocycles. The molecule has 6 heteroatoms. The number of carbonyl (C=O) groups is 1. The van der Waals surface area contributed by atoms with E-state index < -0.39 is 0 Å². The van der Waals surface area contributed by atoms with E-state index in [0.29, 0.717) is 23.7 Å². The van der Waals surface area contributed by atoms with Crippen LogP contribution in [-0.2, 0) is 4.79 Å². The van der Waals surface area contributed by atoms with E-state index in [1.165, 1.54) is 0 Å². The Balaban J connectivity index is 2.28. The lowest BCUT2D eigenvalue weighted by atomic mass is 10.2. The van der Waals surface area contributed by atoms with E-state index in [1.807, 2.05) is 18.2 Å². The summed E-state index contributed by atoms with van der Waals surface area (Å²) in [5.41, 5.74) is 6.21. The molecule has 0 radical (unpaired) electrons. The summed E-state index contributed by atoms with van der Waals surface area (Å²) in [7, 11) is 0. The molecule has 1 amide bonds. The van der Waals surface area contributed by atoms with Gasteiger partial charge in [-0.25, -0.2) is 0 Å². The number of halogens is 1. The summed E-state index contributed by atoms with van der Waals surface area (Å²) in [4.78, 5) is 13.8. The number of rotatable bonds is 3. The average Bonchev–Trinajstić information content (AvgIpc) is 2.27. The fourth-order valence-corrected chi connectivity index (χ4v) is 2.08. The highest BCUT2D eigenvalue weighted by Crippen LogP contribution is 2.34. The Labute approximate surface area is 113 Å². The van der Waals surface area contributed by atoms with Gasteiger partial charge in [0.25, 0.3) is 5.91 Å². The highest BCUT2D eigenvalue weighted by atomic mass is 79.9. The second-order valence-corrected chi connectivity index (χ2v) is 5.10. The molecular weight excluding hydrogens is 304 g/mol. The van der Waals surface area contributed by atoms with Crippen molar-refractivity contribution in [2.45, 2.75) is 6.42 Å². The van der Waals surface area contributed by atoms with Gasteiger partial charge in [0, 0.05) is 17.4 Å². The third kappa shape index (κ3) is 2.76. The highest BCUT2D eigenvalue weighted by molar-refractivity contribution is 9.10. The standard InChI is InChI=1S/C11H11BrN2O2S/c12-7-1-2-9-8(5-7)14(4-3-10(13)17)11(15)6-16-9/h1-2,5H,3-4,6H2,(H2,13,17). The zero-order valence-electron chi connectivity index (χ0n) is 8.98. The number of hydrogen-bond donors (Lipinski definition) is 1. The average molecular weight is 315 g/mol. The SMILES string of the molecule is NC(=S)CCN1C(=O)COc2ccc(Br)cc21. The lowest BCUT2D eigenvalue weighted by molar-refractivity contribution is -0.121. The van der Waals surface area contributed by atoms with Crippen LogP contribution in [0.15, 0.2) is 22.7 Å². The molecule has 0 aliphatic carbocycles. The lowest BCUT2D eigenvalue weighted by Gasteiger charge is -2.29. The Morgan fingerprint density at radius 3 is 3.06 bits per heavy atom. The van der Waals surface area contributed by atoms with Gasteiger partial charge in [-0.1, -0.05) is 28.1 Å². The number of hydrogen-bond acceptors (Lipinski definition) is 3. The fraction of sp³-hybridized carbons (Fsp3) is 0.273. The molecule has 1 aromatic carbocycles. The van der Waals surface area contributed by atoms with Crippen molar-refractivity contribution < 1.29 is 9.53 Å². The van der Waals surface area contributed by atoms with Crippen LogP contribution in [0.5, 0.6) is 5.75 Å². The topological polar surface area (TPSA) is 55.6 Å². The van der Waals surface area contributed by atoms with Crippen LogP contribution >= 0.6 is 28.1 Å². The van der Waals surface area contributed by atoms with E-state index in [1.54, 1.807) is 4.90 Å². The largest absolute Gasteiger partial charge is 0.482 e. The van der Waals surface area contributed by atoms with Gasteiger partial charge in [-0.15, -0.1) is 0 Å². The van der Waals surface area contributed by atoms with Gasteiger partial charge in [-0.05, 0) is 18.2 Å². The molecule has 1 aliphatic rings. The Hall–Kier alpha value is -1.14. The predicted molar refractivity (Wildman–Crippen MR) is 73.4 cm³/mol. The monoisotopic (exact) mass is 314 g/mol. The highest BCUT2D eigenvalue weighted by Gasteiger charge is 2.25. The van der Waals surface area contributed by atoms with Crippen molar-refractivity contribution in [2.75, 3.05) is 18.1 Å².